The van der Waals surface area contributed by atoms with Crippen molar-refractivity contribution in [3.63, 3.8) is 0 Å². The third-order valence-corrected chi connectivity index (χ3v) is 5.73. The predicted molar refractivity (Wildman–Crippen MR) is 89.1 cm³/mol. The lowest BCUT2D eigenvalue weighted by molar-refractivity contribution is -0.138. The summed E-state index contributed by atoms with van der Waals surface area (Å²) in [5.41, 5.74) is 0.167. The topological polar surface area (TPSA) is 93.2 Å². The van der Waals surface area contributed by atoms with Crippen LogP contribution in [0.1, 0.15) is 30.1 Å². The highest BCUT2D eigenvalue weighted by molar-refractivity contribution is 7.89. The number of esters is 1. The highest BCUT2D eigenvalue weighted by Crippen LogP contribution is 2.17. The summed E-state index contributed by atoms with van der Waals surface area (Å²) in [5, 5.41) is 0. The monoisotopic (exact) mass is 370 g/mol. The Morgan fingerprint density at radius 2 is 1.72 bits per heavy atom. The molecule has 1 saturated heterocycles. The van der Waals surface area contributed by atoms with E-state index in [9.17, 15) is 18.0 Å². The molecule has 1 heterocycles. The molecule has 8 nitrogen and oxygen atoms in total. The van der Waals surface area contributed by atoms with E-state index < -0.39 is 22.1 Å². The fourth-order valence-corrected chi connectivity index (χ4v) is 3.46. The van der Waals surface area contributed by atoms with Crippen LogP contribution >= 0.6 is 0 Å². The summed E-state index contributed by atoms with van der Waals surface area (Å²) >= 11 is 0. The average molecular weight is 370 g/mol. The van der Waals surface area contributed by atoms with E-state index in [-0.39, 0.29) is 16.4 Å². The second kappa shape index (κ2) is 7.94. The van der Waals surface area contributed by atoms with Gasteiger partial charge in [0.15, 0.2) is 6.10 Å². The van der Waals surface area contributed by atoms with Crippen LogP contribution in [0.25, 0.3) is 0 Å². The molecule has 0 N–H and O–H groups in total. The molecule has 1 aromatic carbocycles. The fraction of sp³-hybridized carbons (Fsp3) is 0.500. The molecular formula is C16H22N2O6S. The molecule has 0 radical (unpaired) electrons. The molecule has 1 aliphatic rings. The molecule has 0 aliphatic carbocycles. The summed E-state index contributed by atoms with van der Waals surface area (Å²) in [6.45, 7) is 2.89. The number of carbonyl (C=O) groups excluding carboxylic acids is 2. The third kappa shape index (κ3) is 4.36. The number of rotatable bonds is 6. The first-order valence-corrected chi connectivity index (χ1v) is 9.34. The standard InChI is InChI=1S/C16H22N2O6S/c1-12(15(19)18-10-4-5-11-18)24-16(20)13-6-8-14(9-7-13)25(21,22)17(2)23-3/h6-9,12H,4-5,10-11H2,1-3H3/t12-/m0/s1. The molecule has 25 heavy (non-hydrogen) atoms. The number of nitrogens with zero attached hydrogens (tertiary/aromatic N) is 2. The number of hydrogen-bond acceptors (Lipinski definition) is 6. The van der Waals surface area contributed by atoms with E-state index in [1.54, 1.807) is 4.90 Å². The lowest BCUT2D eigenvalue weighted by Crippen LogP contribution is -2.38. The second-order valence-corrected chi connectivity index (χ2v) is 7.64. The summed E-state index contributed by atoms with van der Waals surface area (Å²) in [6.07, 6.45) is 1.03. The lowest BCUT2D eigenvalue weighted by Gasteiger charge is -2.20. The van der Waals surface area contributed by atoms with Gasteiger partial charge in [-0.2, -0.15) is 0 Å². The van der Waals surface area contributed by atoms with E-state index in [0.717, 1.165) is 17.3 Å². The van der Waals surface area contributed by atoms with Crippen molar-refractivity contribution in [2.75, 3.05) is 27.2 Å². The second-order valence-electron chi connectivity index (χ2n) is 5.70. The van der Waals surface area contributed by atoms with Crippen LogP contribution in [-0.4, -0.2) is 63.0 Å². The van der Waals surface area contributed by atoms with E-state index >= 15 is 0 Å². The Hall–Kier alpha value is -1.97. The number of benzene rings is 1. The van der Waals surface area contributed by atoms with E-state index in [0.29, 0.717) is 13.1 Å². The van der Waals surface area contributed by atoms with E-state index in [1.807, 2.05) is 0 Å². The van der Waals surface area contributed by atoms with E-state index in [1.165, 1.54) is 45.3 Å². The molecule has 1 aliphatic heterocycles. The maximum atomic E-state index is 12.2. The summed E-state index contributed by atoms with van der Waals surface area (Å²) in [5.74, 6) is -0.893. The smallest absolute Gasteiger partial charge is 0.338 e. The normalized spacial score (nSPS) is 16.1. The molecule has 1 aromatic rings. The van der Waals surface area contributed by atoms with Gasteiger partial charge in [-0.15, -0.1) is 0 Å². The van der Waals surface area contributed by atoms with E-state index in [4.69, 9.17) is 4.74 Å². The molecule has 2 rings (SSSR count). The van der Waals surface area contributed by atoms with Crippen molar-refractivity contribution in [1.82, 2.24) is 9.37 Å². The lowest BCUT2D eigenvalue weighted by atomic mass is 10.2. The molecule has 0 saturated carbocycles. The Labute approximate surface area is 147 Å². The Morgan fingerprint density at radius 3 is 2.24 bits per heavy atom. The number of hydroxylamine groups is 1. The number of likely N-dealkylation sites (tertiary alicyclic amines) is 1. The highest BCUT2D eigenvalue weighted by atomic mass is 32.2. The Balaban J connectivity index is 2.04. The minimum absolute atomic E-state index is 0.0189. The van der Waals surface area contributed by atoms with Gasteiger partial charge in [0, 0.05) is 20.1 Å². The summed E-state index contributed by atoms with van der Waals surface area (Å²) < 4.78 is 30.1. The molecule has 0 unspecified atom stereocenters. The summed E-state index contributed by atoms with van der Waals surface area (Å²) in [7, 11) is -1.28. The maximum absolute atomic E-state index is 12.2. The van der Waals surface area contributed by atoms with Crippen molar-refractivity contribution < 1.29 is 27.6 Å². The van der Waals surface area contributed by atoms with Crippen molar-refractivity contribution in [3.05, 3.63) is 29.8 Å². The van der Waals surface area contributed by atoms with Gasteiger partial charge in [0.2, 0.25) is 0 Å². The zero-order valence-electron chi connectivity index (χ0n) is 14.5. The summed E-state index contributed by atoms with van der Waals surface area (Å²) in [6, 6.07) is 5.25. The van der Waals surface area contributed by atoms with Gasteiger partial charge >= 0.3 is 5.97 Å². The van der Waals surface area contributed by atoms with E-state index in [2.05, 4.69) is 4.84 Å². The molecule has 0 aromatic heterocycles. The largest absolute Gasteiger partial charge is 0.449 e. The maximum Gasteiger partial charge on any atom is 0.338 e. The number of sulfonamides is 1. The van der Waals surface area contributed by atoms with Gasteiger partial charge in [0.05, 0.1) is 17.6 Å². The van der Waals surface area contributed by atoms with Crippen molar-refractivity contribution in [1.29, 1.82) is 0 Å². The molecular weight excluding hydrogens is 348 g/mol. The predicted octanol–water partition coefficient (Wildman–Crippen LogP) is 1.04. The molecule has 9 heteroatoms. The van der Waals surface area contributed by atoms with Crippen LogP contribution < -0.4 is 0 Å². The first-order valence-electron chi connectivity index (χ1n) is 7.90. The molecule has 1 amide bonds. The molecule has 0 bridgehead atoms. The average Bonchev–Trinajstić information content (AvgIpc) is 3.14. The van der Waals surface area contributed by atoms with Crippen molar-refractivity contribution in [3.8, 4) is 0 Å². The van der Waals surface area contributed by atoms with Crippen LogP contribution in [0, 0.1) is 0 Å². The minimum Gasteiger partial charge on any atom is -0.449 e. The van der Waals surface area contributed by atoms with Crippen LogP contribution in [0.3, 0.4) is 0 Å². The van der Waals surface area contributed by atoms with Gasteiger partial charge in [0.1, 0.15) is 0 Å². The molecule has 138 valence electrons. The first kappa shape index (κ1) is 19.4. The SMILES string of the molecule is CON(C)S(=O)(=O)c1ccc(C(=O)O[C@@H](C)C(=O)N2CCCC2)cc1. The van der Waals surface area contributed by atoms with Gasteiger partial charge < -0.3 is 9.64 Å². The van der Waals surface area contributed by atoms with Gasteiger partial charge in [-0.1, -0.05) is 4.47 Å². The van der Waals surface area contributed by atoms with Gasteiger partial charge in [-0.3, -0.25) is 9.63 Å². The number of carbonyl (C=O) groups is 2. The minimum atomic E-state index is -3.78. The van der Waals surface area contributed by atoms with Crippen LogP contribution in [0.5, 0.6) is 0 Å². The van der Waals surface area contributed by atoms with Crippen molar-refractivity contribution in [2.24, 2.45) is 0 Å². The van der Waals surface area contributed by atoms with Crippen LogP contribution in [0.15, 0.2) is 29.2 Å². The van der Waals surface area contributed by atoms with Crippen LogP contribution in [-0.2, 0) is 24.4 Å². The molecule has 1 fully saturated rings. The Bertz CT molecular complexity index is 725. The number of ether oxygens (including phenoxy) is 1. The summed E-state index contributed by atoms with van der Waals surface area (Å²) in [4.78, 5) is 30.6. The number of amides is 1. The quantitative estimate of drug-likeness (QED) is 0.549. The van der Waals surface area contributed by atoms with Gasteiger partial charge in [0.25, 0.3) is 15.9 Å². The Morgan fingerprint density at radius 1 is 1.16 bits per heavy atom. The Kier molecular flexibility index (Phi) is 6.15. The third-order valence-electron chi connectivity index (χ3n) is 4.03. The zero-order chi connectivity index (χ0) is 18.6. The van der Waals surface area contributed by atoms with Gasteiger partial charge in [-0.25, -0.2) is 13.2 Å². The van der Waals surface area contributed by atoms with Crippen LogP contribution in [0.4, 0.5) is 0 Å². The highest BCUT2D eigenvalue weighted by Gasteiger charge is 2.27. The first-order chi connectivity index (χ1) is 11.8. The van der Waals surface area contributed by atoms with Gasteiger partial charge in [-0.05, 0) is 44.0 Å². The van der Waals surface area contributed by atoms with Crippen LogP contribution in [0.2, 0.25) is 0 Å². The molecule has 1 atom stereocenters. The zero-order valence-corrected chi connectivity index (χ0v) is 15.3. The number of hydrogen-bond donors (Lipinski definition) is 0. The van der Waals surface area contributed by atoms with Crippen molar-refractivity contribution >= 4 is 21.9 Å². The molecule has 0 spiro atoms. The van der Waals surface area contributed by atoms with Crippen molar-refractivity contribution in [2.45, 2.75) is 30.8 Å². The fourth-order valence-electron chi connectivity index (χ4n) is 2.48.